The van der Waals surface area contributed by atoms with Gasteiger partial charge >= 0.3 is 6.18 Å². The highest BCUT2D eigenvalue weighted by Crippen LogP contribution is 2.43. The van der Waals surface area contributed by atoms with Crippen LogP contribution in [0.3, 0.4) is 0 Å². The summed E-state index contributed by atoms with van der Waals surface area (Å²) in [5, 5.41) is 10.3. The van der Waals surface area contributed by atoms with Crippen LogP contribution in [0, 0.1) is 13.8 Å². The first-order valence-corrected chi connectivity index (χ1v) is 12.0. The highest BCUT2D eigenvalue weighted by Gasteiger charge is 2.38. The van der Waals surface area contributed by atoms with Gasteiger partial charge in [-0.25, -0.2) is 13.8 Å². The van der Waals surface area contributed by atoms with Gasteiger partial charge in [0, 0.05) is 23.7 Å². The largest absolute Gasteiger partial charge is 0.436 e. The standard InChI is InChI=1S/C21H17BrF5N7O2S/c1-7-10(5-29-33(7)3)9-4-11(18(23)24)30-20-13(9)15(16(37-20)19(28)36)31-12(35)6-34-8(2)14(22)17(32-34)21(25,26)27/h4-5,18H,6H2,1-3H3,(H2,28,36)(H,31,35). The summed E-state index contributed by atoms with van der Waals surface area (Å²) in [5.74, 6) is -1.79. The first-order valence-electron chi connectivity index (χ1n) is 10.3. The number of carbonyl (C=O) groups excluding carboxylic acids is 2. The summed E-state index contributed by atoms with van der Waals surface area (Å²) in [5.41, 5.74) is 4.97. The van der Waals surface area contributed by atoms with Crippen LogP contribution in [0.2, 0.25) is 0 Å². The fourth-order valence-corrected chi connectivity index (χ4v) is 5.19. The maximum absolute atomic E-state index is 13.6. The Hall–Kier alpha value is -3.40. The molecular weight excluding hydrogens is 589 g/mol. The molecule has 3 N–H and O–H groups in total. The summed E-state index contributed by atoms with van der Waals surface area (Å²) in [6.07, 6.45) is -6.24. The normalized spacial score (nSPS) is 12.1. The van der Waals surface area contributed by atoms with Crippen molar-refractivity contribution in [1.82, 2.24) is 24.5 Å². The molecule has 4 rings (SSSR count). The van der Waals surface area contributed by atoms with Crippen LogP contribution < -0.4 is 11.1 Å². The second-order valence-electron chi connectivity index (χ2n) is 7.96. The van der Waals surface area contributed by atoms with Gasteiger partial charge in [-0.2, -0.15) is 23.4 Å². The van der Waals surface area contributed by atoms with E-state index in [0.29, 0.717) is 22.6 Å². The second-order valence-corrected chi connectivity index (χ2v) is 9.76. The highest BCUT2D eigenvalue weighted by molar-refractivity contribution is 9.10. The fourth-order valence-electron chi connectivity index (χ4n) is 3.67. The van der Waals surface area contributed by atoms with Crippen LogP contribution in [0.1, 0.15) is 38.9 Å². The molecule has 9 nitrogen and oxygen atoms in total. The van der Waals surface area contributed by atoms with Gasteiger partial charge in [-0.1, -0.05) is 0 Å². The zero-order chi connectivity index (χ0) is 27.4. The van der Waals surface area contributed by atoms with Crippen LogP contribution in [0.5, 0.6) is 0 Å². The summed E-state index contributed by atoms with van der Waals surface area (Å²) >= 11 is 3.55. The minimum absolute atomic E-state index is 0.0116. The molecule has 0 fully saturated rings. The maximum atomic E-state index is 13.6. The third kappa shape index (κ3) is 4.82. The zero-order valence-electron chi connectivity index (χ0n) is 19.2. The SMILES string of the molecule is Cc1c(-c2cc(C(F)F)nc3sc(C(N)=O)c(NC(=O)Cn4nc(C(F)(F)F)c(Br)c4C)c23)cnn1C. The van der Waals surface area contributed by atoms with Crippen LogP contribution in [-0.2, 0) is 24.6 Å². The molecule has 0 aliphatic carbocycles. The summed E-state index contributed by atoms with van der Waals surface area (Å²) < 4.78 is 68.9. The third-order valence-electron chi connectivity index (χ3n) is 5.61. The number of thiophene rings is 1. The van der Waals surface area contributed by atoms with Gasteiger partial charge in [-0.15, -0.1) is 11.3 Å². The van der Waals surface area contributed by atoms with E-state index in [1.165, 1.54) is 17.8 Å². The van der Waals surface area contributed by atoms with Crippen LogP contribution in [-0.4, -0.2) is 36.4 Å². The Labute approximate surface area is 217 Å². The predicted octanol–water partition coefficient (Wildman–Crippen LogP) is 4.97. The van der Waals surface area contributed by atoms with Gasteiger partial charge in [0.15, 0.2) is 5.69 Å². The number of amides is 2. The van der Waals surface area contributed by atoms with Crippen molar-refractivity contribution in [2.75, 3.05) is 5.32 Å². The van der Waals surface area contributed by atoms with Crippen molar-refractivity contribution in [2.24, 2.45) is 12.8 Å². The number of carbonyl (C=O) groups is 2. The Kier molecular flexibility index (Phi) is 6.83. The Morgan fingerprint density at radius 1 is 1.22 bits per heavy atom. The van der Waals surface area contributed by atoms with Gasteiger partial charge in [0.1, 0.15) is 21.9 Å². The molecule has 37 heavy (non-hydrogen) atoms. The number of nitrogens with one attached hydrogen (secondary N) is 1. The summed E-state index contributed by atoms with van der Waals surface area (Å²) in [6, 6.07) is 1.13. The van der Waals surface area contributed by atoms with E-state index in [0.717, 1.165) is 10.7 Å². The first-order chi connectivity index (χ1) is 17.2. The minimum Gasteiger partial charge on any atom is -0.365 e. The van der Waals surface area contributed by atoms with E-state index < -0.39 is 42.3 Å². The molecule has 0 aliphatic rings. The molecule has 0 saturated carbocycles. The average molecular weight is 606 g/mol. The van der Waals surface area contributed by atoms with Gasteiger partial charge in [0.2, 0.25) is 5.91 Å². The predicted molar refractivity (Wildman–Crippen MR) is 128 cm³/mol. The quantitative estimate of drug-likeness (QED) is 0.301. The van der Waals surface area contributed by atoms with E-state index in [2.05, 4.69) is 36.4 Å². The zero-order valence-corrected chi connectivity index (χ0v) is 21.6. The molecular formula is C21H17BrF5N7O2S. The van der Waals surface area contributed by atoms with E-state index in [4.69, 9.17) is 5.73 Å². The molecule has 0 saturated heterocycles. The Balaban J connectivity index is 1.85. The lowest BCUT2D eigenvalue weighted by atomic mass is 10.0. The van der Waals surface area contributed by atoms with Crippen LogP contribution in [0.25, 0.3) is 21.3 Å². The highest BCUT2D eigenvalue weighted by atomic mass is 79.9. The summed E-state index contributed by atoms with van der Waals surface area (Å²) in [6.45, 7) is 2.40. The number of primary amides is 1. The second kappa shape index (κ2) is 9.48. The van der Waals surface area contributed by atoms with E-state index in [1.54, 1.807) is 14.0 Å². The Morgan fingerprint density at radius 3 is 2.41 bits per heavy atom. The molecule has 0 spiro atoms. The molecule has 2 amide bonds. The van der Waals surface area contributed by atoms with Crippen molar-refractivity contribution in [2.45, 2.75) is 33.0 Å². The van der Waals surface area contributed by atoms with Crippen molar-refractivity contribution in [3.8, 4) is 11.1 Å². The molecule has 4 aromatic rings. The number of aromatic nitrogens is 5. The molecule has 196 valence electrons. The number of aryl methyl sites for hydroxylation is 1. The van der Waals surface area contributed by atoms with Gasteiger partial charge in [0.25, 0.3) is 12.3 Å². The number of halogens is 6. The fraction of sp³-hybridized carbons (Fsp3) is 0.286. The molecule has 4 heterocycles. The van der Waals surface area contributed by atoms with E-state index in [1.807, 2.05) is 0 Å². The van der Waals surface area contributed by atoms with Gasteiger partial charge < -0.3 is 11.1 Å². The number of anilines is 1. The monoisotopic (exact) mass is 605 g/mol. The van der Waals surface area contributed by atoms with Crippen molar-refractivity contribution in [1.29, 1.82) is 0 Å². The molecule has 4 aromatic heterocycles. The smallest absolute Gasteiger partial charge is 0.365 e. The van der Waals surface area contributed by atoms with Crippen molar-refractivity contribution in [3.63, 3.8) is 0 Å². The third-order valence-corrected chi connectivity index (χ3v) is 7.66. The van der Waals surface area contributed by atoms with Gasteiger partial charge in [-0.05, 0) is 41.4 Å². The van der Waals surface area contributed by atoms with Crippen molar-refractivity contribution in [3.05, 3.63) is 44.4 Å². The van der Waals surface area contributed by atoms with Gasteiger partial charge in [-0.3, -0.25) is 19.0 Å². The molecule has 0 bridgehead atoms. The summed E-state index contributed by atoms with van der Waals surface area (Å²) in [7, 11) is 1.65. The molecule has 0 aliphatic heterocycles. The molecule has 16 heteroatoms. The topological polar surface area (TPSA) is 121 Å². The molecule has 0 aromatic carbocycles. The number of pyridine rings is 1. The summed E-state index contributed by atoms with van der Waals surface area (Å²) in [4.78, 5) is 28.9. The van der Waals surface area contributed by atoms with Crippen LogP contribution >= 0.6 is 27.3 Å². The van der Waals surface area contributed by atoms with Crippen LogP contribution in [0.4, 0.5) is 27.6 Å². The number of rotatable bonds is 6. The van der Waals surface area contributed by atoms with E-state index in [9.17, 15) is 31.5 Å². The van der Waals surface area contributed by atoms with Crippen molar-refractivity contribution < 1.29 is 31.5 Å². The lowest BCUT2D eigenvalue weighted by Gasteiger charge is -2.11. The maximum Gasteiger partial charge on any atom is 0.436 e. The number of nitrogens with zero attached hydrogens (tertiary/aromatic N) is 5. The van der Waals surface area contributed by atoms with Crippen LogP contribution in [0.15, 0.2) is 16.7 Å². The number of fused-ring (bicyclic) bond motifs is 1. The number of alkyl halides is 5. The molecule has 0 unspecified atom stereocenters. The number of hydrogen-bond donors (Lipinski definition) is 2. The first kappa shape index (κ1) is 26.7. The number of nitrogens with two attached hydrogens (primary N) is 1. The number of hydrogen-bond acceptors (Lipinski definition) is 6. The minimum atomic E-state index is -4.75. The van der Waals surface area contributed by atoms with E-state index in [-0.39, 0.29) is 36.5 Å². The van der Waals surface area contributed by atoms with Gasteiger partial charge in [0.05, 0.1) is 22.1 Å². The lowest BCUT2D eigenvalue weighted by molar-refractivity contribution is -0.142. The molecule has 0 atom stereocenters. The lowest BCUT2D eigenvalue weighted by Crippen LogP contribution is -2.22. The average Bonchev–Trinajstić information content (AvgIpc) is 3.43. The Morgan fingerprint density at radius 2 is 1.89 bits per heavy atom. The Bertz CT molecular complexity index is 1560. The molecule has 0 radical (unpaired) electrons. The van der Waals surface area contributed by atoms with Crippen molar-refractivity contribution >= 4 is 55.0 Å². The van der Waals surface area contributed by atoms with E-state index >= 15 is 0 Å².